The Morgan fingerprint density at radius 1 is 0.967 bits per heavy atom. The topological polar surface area (TPSA) is 70.5 Å². The van der Waals surface area contributed by atoms with Gasteiger partial charge in [0, 0.05) is 23.6 Å². The molecule has 1 saturated heterocycles. The number of benzene rings is 2. The van der Waals surface area contributed by atoms with Crippen molar-refractivity contribution >= 4 is 46.3 Å². The van der Waals surface area contributed by atoms with Crippen LogP contribution in [0, 0.1) is 6.92 Å². The van der Waals surface area contributed by atoms with Crippen molar-refractivity contribution in [3.05, 3.63) is 99.3 Å². The minimum Gasteiger partial charge on any atom is -0.507 e. The molecule has 1 amide bonds. The summed E-state index contributed by atoms with van der Waals surface area (Å²) in [6.07, 6.45) is 3.00. The molecule has 0 saturated carbocycles. The predicted octanol–water partition coefficient (Wildman–Crippen LogP) is 5.32. The quantitative estimate of drug-likeness (QED) is 0.341. The summed E-state index contributed by atoms with van der Waals surface area (Å²) >= 11 is 12.3. The van der Waals surface area contributed by atoms with Gasteiger partial charge in [0.15, 0.2) is 0 Å². The molecular formula is C23H16Cl2N2O3. The summed E-state index contributed by atoms with van der Waals surface area (Å²) < 4.78 is 0. The summed E-state index contributed by atoms with van der Waals surface area (Å²) in [7, 11) is 0. The molecule has 3 aromatic rings. The minimum absolute atomic E-state index is 0.0230. The van der Waals surface area contributed by atoms with Crippen LogP contribution in [0.2, 0.25) is 10.0 Å². The summed E-state index contributed by atoms with van der Waals surface area (Å²) in [5.41, 5.74) is 2.47. The number of carbonyl (C=O) groups is 2. The molecule has 1 aromatic heterocycles. The largest absolute Gasteiger partial charge is 0.507 e. The van der Waals surface area contributed by atoms with Gasteiger partial charge < -0.3 is 5.11 Å². The molecule has 2 aromatic carbocycles. The van der Waals surface area contributed by atoms with Gasteiger partial charge >= 0.3 is 0 Å². The maximum absolute atomic E-state index is 13.0. The Morgan fingerprint density at radius 3 is 2.27 bits per heavy atom. The van der Waals surface area contributed by atoms with Crippen molar-refractivity contribution in [2.45, 2.75) is 13.0 Å². The van der Waals surface area contributed by atoms with Crippen molar-refractivity contribution in [3.8, 4) is 0 Å². The molecule has 4 rings (SSSR count). The monoisotopic (exact) mass is 438 g/mol. The van der Waals surface area contributed by atoms with Crippen molar-refractivity contribution in [2.75, 3.05) is 4.90 Å². The second-order valence-corrected chi connectivity index (χ2v) is 7.73. The second-order valence-electron chi connectivity index (χ2n) is 6.91. The van der Waals surface area contributed by atoms with E-state index in [-0.39, 0.29) is 16.4 Å². The fourth-order valence-electron chi connectivity index (χ4n) is 3.47. The highest BCUT2D eigenvalue weighted by molar-refractivity contribution is 6.51. The van der Waals surface area contributed by atoms with Gasteiger partial charge in [-0.15, -0.1) is 0 Å². The van der Waals surface area contributed by atoms with E-state index in [4.69, 9.17) is 23.2 Å². The molecule has 1 fully saturated rings. The Balaban J connectivity index is 1.96. The van der Waals surface area contributed by atoms with E-state index >= 15 is 0 Å². The molecule has 1 aliphatic rings. The van der Waals surface area contributed by atoms with E-state index in [2.05, 4.69) is 4.98 Å². The lowest BCUT2D eigenvalue weighted by molar-refractivity contribution is -0.132. The van der Waals surface area contributed by atoms with E-state index in [0.29, 0.717) is 21.8 Å². The molecule has 1 N–H and O–H groups in total. The number of aryl methyl sites for hydroxylation is 1. The molecule has 0 bridgehead atoms. The molecular weight excluding hydrogens is 423 g/mol. The first kappa shape index (κ1) is 20.1. The Morgan fingerprint density at radius 2 is 1.63 bits per heavy atom. The third-order valence-corrected chi connectivity index (χ3v) is 5.71. The summed E-state index contributed by atoms with van der Waals surface area (Å²) in [5, 5.41) is 11.6. The van der Waals surface area contributed by atoms with Crippen molar-refractivity contribution in [1.82, 2.24) is 4.98 Å². The van der Waals surface area contributed by atoms with Crippen molar-refractivity contribution in [1.29, 1.82) is 0 Å². The number of anilines is 1. The van der Waals surface area contributed by atoms with Crippen LogP contribution in [-0.4, -0.2) is 21.8 Å². The lowest BCUT2D eigenvalue weighted by atomic mass is 9.95. The van der Waals surface area contributed by atoms with E-state index in [1.54, 1.807) is 42.5 Å². The molecule has 0 radical (unpaired) electrons. The Labute approximate surface area is 183 Å². The van der Waals surface area contributed by atoms with Crippen LogP contribution in [0.4, 0.5) is 5.69 Å². The van der Waals surface area contributed by atoms with Crippen molar-refractivity contribution in [3.63, 3.8) is 0 Å². The average molecular weight is 439 g/mol. The van der Waals surface area contributed by atoms with Crippen molar-refractivity contribution in [2.24, 2.45) is 0 Å². The van der Waals surface area contributed by atoms with Crippen LogP contribution in [0.25, 0.3) is 5.76 Å². The number of Topliss-reactive ketones (excluding diaryl/α,β-unsaturated/α-hetero) is 1. The number of halogens is 2. The van der Waals surface area contributed by atoms with Gasteiger partial charge in [-0.2, -0.15) is 0 Å². The van der Waals surface area contributed by atoms with Gasteiger partial charge in [-0.3, -0.25) is 19.5 Å². The van der Waals surface area contributed by atoms with Crippen LogP contribution in [0.1, 0.15) is 22.7 Å². The van der Waals surface area contributed by atoms with Gasteiger partial charge in [-0.05, 0) is 48.9 Å². The zero-order valence-corrected chi connectivity index (χ0v) is 17.4. The number of hydrogen-bond donors (Lipinski definition) is 1. The van der Waals surface area contributed by atoms with Crippen LogP contribution >= 0.6 is 23.2 Å². The fourth-order valence-corrected chi connectivity index (χ4v) is 3.77. The van der Waals surface area contributed by atoms with E-state index < -0.39 is 17.7 Å². The lowest BCUT2D eigenvalue weighted by Crippen LogP contribution is -2.29. The van der Waals surface area contributed by atoms with E-state index in [1.165, 1.54) is 17.3 Å². The highest BCUT2D eigenvalue weighted by Gasteiger charge is 2.47. The number of rotatable bonds is 3. The highest BCUT2D eigenvalue weighted by atomic mass is 35.5. The summed E-state index contributed by atoms with van der Waals surface area (Å²) in [5.74, 6) is -1.78. The van der Waals surface area contributed by atoms with Crippen molar-refractivity contribution < 1.29 is 14.7 Å². The van der Waals surface area contributed by atoms with Crippen LogP contribution in [0.3, 0.4) is 0 Å². The normalized spacial score (nSPS) is 18.1. The molecule has 2 heterocycles. The van der Waals surface area contributed by atoms with Gasteiger partial charge in [0.2, 0.25) is 0 Å². The summed E-state index contributed by atoms with van der Waals surface area (Å²) in [6.45, 7) is 1.93. The molecule has 30 heavy (non-hydrogen) atoms. The molecule has 0 aliphatic carbocycles. The number of carbonyl (C=O) groups excluding carboxylic acids is 2. The smallest absolute Gasteiger partial charge is 0.300 e. The average Bonchev–Trinajstić information content (AvgIpc) is 3.02. The van der Waals surface area contributed by atoms with E-state index in [9.17, 15) is 14.7 Å². The maximum atomic E-state index is 13.0. The second kappa shape index (κ2) is 7.94. The van der Waals surface area contributed by atoms with Gasteiger partial charge in [-0.1, -0.05) is 47.0 Å². The van der Waals surface area contributed by atoms with E-state index in [0.717, 1.165) is 5.56 Å². The SMILES string of the molecule is Cc1ccc(N2C(=O)C(=O)/C(=C(\O)c3ccncc3)C2c2ccc(Cl)c(Cl)c2)cc1. The van der Waals surface area contributed by atoms with E-state index in [1.807, 2.05) is 19.1 Å². The Kier molecular flexibility index (Phi) is 5.33. The first-order valence-corrected chi connectivity index (χ1v) is 9.87. The van der Waals surface area contributed by atoms with Gasteiger partial charge in [0.05, 0.1) is 21.7 Å². The number of hydrogen-bond acceptors (Lipinski definition) is 4. The zero-order chi connectivity index (χ0) is 21.4. The standard InChI is InChI=1S/C23H16Cl2N2O3/c1-13-2-5-16(6-3-13)27-20(15-4-7-17(24)18(25)12-15)19(22(29)23(27)30)21(28)14-8-10-26-11-9-14/h2-12,20,28H,1H3/b21-19-. The zero-order valence-electron chi connectivity index (χ0n) is 15.8. The number of pyridine rings is 1. The van der Waals surface area contributed by atoms with Crippen LogP contribution < -0.4 is 4.90 Å². The lowest BCUT2D eigenvalue weighted by Gasteiger charge is -2.25. The third kappa shape index (κ3) is 3.47. The highest BCUT2D eigenvalue weighted by Crippen LogP contribution is 2.43. The number of aliphatic hydroxyl groups excluding tert-OH is 1. The minimum atomic E-state index is -0.865. The van der Waals surface area contributed by atoms with Crippen LogP contribution in [0.15, 0.2) is 72.6 Å². The summed E-state index contributed by atoms with van der Waals surface area (Å²) in [6, 6.07) is 14.4. The van der Waals surface area contributed by atoms with Crippen LogP contribution in [0.5, 0.6) is 0 Å². The number of ketones is 1. The third-order valence-electron chi connectivity index (χ3n) is 4.97. The fraction of sp³-hybridized carbons (Fsp3) is 0.0870. The molecule has 5 nitrogen and oxygen atoms in total. The maximum Gasteiger partial charge on any atom is 0.300 e. The van der Waals surface area contributed by atoms with Gasteiger partial charge in [0.1, 0.15) is 5.76 Å². The molecule has 0 spiro atoms. The van der Waals surface area contributed by atoms with Gasteiger partial charge in [0.25, 0.3) is 11.7 Å². The number of nitrogens with zero attached hydrogens (tertiary/aromatic N) is 2. The van der Waals surface area contributed by atoms with Gasteiger partial charge in [-0.25, -0.2) is 0 Å². The molecule has 1 atom stereocenters. The summed E-state index contributed by atoms with van der Waals surface area (Å²) in [4.78, 5) is 31.4. The first-order valence-electron chi connectivity index (χ1n) is 9.11. The molecule has 1 aliphatic heterocycles. The molecule has 7 heteroatoms. The number of aliphatic hydroxyl groups is 1. The van der Waals surface area contributed by atoms with Crippen LogP contribution in [-0.2, 0) is 9.59 Å². The molecule has 150 valence electrons. The Hall–Kier alpha value is -3.15. The Bertz CT molecular complexity index is 1170. The molecule has 1 unspecified atom stereocenters. The number of amides is 1. The number of aromatic nitrogens is 1. The first-order chi connectivity index (χ1) is 14.4. The predicted molar refractivity (Wildman–Crippen MR) is 117 cm³/mol.